The molecule has 12 nitrogen and oxygen atoms in total. The number of nitrogens with one attached hydrogen (secondary N) is 4. The summed E-state index contributed by atoms with van der Waals surface area (Å²) in [6.07, 6.45) is -0.495. The fourth-order valence-electron chi connectivity index (χ4n) is 8.53. The number of aromatic amines is 1. The third-order valence-corrected chi connectivity index (χ3v) is 11.8. The van der Waals surface area contributed by atoms with E-state index in [1.807, 2.05) is 70.2 Å². The van der Waals surface area contributed by atoms with Crippen LogP contribution >= 0.6 is 23.2 Å². The Morgan fingerprint density at radius 3 is 2.59 bits per heavy atom. The number of carbonyl (C=O) groups is 2. The highest BCUT2D eigenvalue weighted by atomic mass is 35.5. The Hall–Kier alpha value is -5.30. The van der Waals surface area contributed by atoms with Crippen LogP contribution in [0.15, 0.2) is 63.4 Å². The van der Waals surface area contributed by atoms with Gasteiger partial charge in [0.25, 0.3) is 5.89 Å². The van der Waals surface area contributed by atoms with Crippen molar-refractivity contribution in [2.24, 2.45) is 17.6 Å². The molecule has 0 saturated carbocycles. The molecule has 274 valence electrons. The van der Waals surface area contributed by atoms with Crippen LogP contribution in [0.3, 0.4) is 0 Å². The number of rotatable bonds is 4. The monoisotopic (exact) mass is 763 g/mol. The molecule has 0 radical (unpaired) electrons. The van der Waals surface area contributed by atoms with E-state index in [1.165, 1.54) is 0 Å². The molecular weight excluding hydrogens is 729 g/mol. The number of H-pyrrole nitrogens is 1. The van der Waals surface area contributed by atoms with Gasteiger partial charge in [-0.3, -0.25) is 9.59 Å². The van der Waals surface area contributed by atoms with Crippen molar-refractivity contribution in [1.82, 2.24) is 25.6 Å². The third-order valence-electron chi connectivity index (χ3n) is 11.3. The Labute approximate surface area is 319 Å². The zero-order valence-electron chi connectivity index (χ0n) is 29.6. The van der Waals surface area contributed by atoms with E-state index in [2.05, 4.69) is 33.1 Å². The van der Waals surface area contributed by atoms with Crippen molar-refractivity contribution in [1.29, 1.82) is 0 Å². The summed E-state index contributed by atoms with van der Waals surface area (Å²) in [5, 5.41) is 11.1. The quantitative estimate of drug-likeness (QED) is 0.126. The predicted octanol–water partition coefficient (Wildman–Crippen LogP) is 7.08. The van der Waals surface area contributed by atoms with Gasteiger partial charge in [0.15, 0.2) is 28.6 Å². The zero-order chi connectivity index (χ0) is 37.4. The van der Waals surface area contributed by atoms with Gasteiger partial charge in [-0.2, -0.15) is 4.98 Å². The van der Waals surface area contributed by atoms with E-state index in [0.29, 0.717) is 27.9 Å². The fourth-order valence-corrected chi connectivity index (χ4v) is 9.02. The van der Waals surface area contributed by atoms with Crippen molar-refractivity contribution in [2.45, 2.75) is 63.9 Å². The first-order valence-corrected chi connectivity index (χ1v) is 18.8. The first-order valence-electron chi connectivity index (χ1n) is 18.0. The maximum Gasteiger partial charge on any atom is 0.250 e. The molecule has 4 aliphatic heterocycles. The smallest absolute Gasteiger partial charge is 0.250 e. The zero-order valence-corrected chi connectivity index (χ0v) is 31.1. The van der Waals surface area contributed by atoms with Crippen LogP contribution in [0.2, 0.25) is 10.3 Å². The molecule has 0 saturated heterocycles. The van der Waals surface area contributed by atoms with Crippen LogP contribution in [-0.2, 0) is 21.4 Å². The van der Waals surface area contributed by atoms with Crippen LogP contribution in [0.4, 0.5) is 5.69 Å². The summed E-state index contributed by atoms with van der Waals surface area (Å²) in [5.74, 6) is 0.513. The normalized spacial score (nSPS) is 22.2. The maximum atomic E-state index is 14.2. The first kappa shape index (κ1) is 33.3. The first-order chi connectivity index (χ1) is 25.9. The van der Waals surface area contributed by atoms with Gasteiger partial charge in [-0.15, -0.1) is 0 Å². The summed E-state index contributed by atoms with van der Waals surface area (Å²) in [6.45, 7) is 7.65. The summed E-state index contributed by atoms with van der Waals surface area (Å²) >= 11 is 13.9. The lowest BCUT2D eigenvalue weighted by molar-refractivity contribution is -0.130. The second kappa shape index (κ2) is 11.6. The fraction of sp³-hybridized carbons (Fsp3) is 0.300. The van der Waals surface area contributed by atoms with E-state index in [9.17, 15) is 9.59 Å². The summed E-state index contributed by atoms with van der Waals surface area (Å²) in [6, 6.07) is 15.5. The molecule has 10 bridgehead atoms. The van der Waals surface area contributed by atoms with E-state index in [0.717, 1.165) is 44.4 Å². The number of carbonyl (C=O) groups excluding carboxylic acids is 2. The van der Waals surface area contributed by atoms with Gasteiger partial charge in [-0.25, -0.2) is 4.98 Å². The highest BCUT2D eigenvalue weighted by molar-refractivity contribution is 6.37. The number of para-hydroxylation sites is 1. The summed E-state index contributed by atoms with van der Waals surface area (Å²) in [5.41, 5.74) is 11.9. The largest absolute Gasteiger partial charge is 0.469 e. The molecule has 4 aliphatic rings. The number of nitrogens with two attached hydrogens (primary N) is 1. The van der Waals surface area contributed by atoms with Gasteiger partial charge >= 0.3 is 0 Å². The third kappa shape index (κ3) is 4.47. The van der Waals surface area contributed by atoms with Crippen LogP contribution in [0.5, 0.6) is 5.75 Å². The Morgan fingerprint density at radius 2 is 1.80 bits per heavy atom. The highest BCUT2D eigenvalue weighted by Gasteiger charge is 2.61. The molecule has 1 unspecified atom stereocenters. The molecule has 3 aromatic carbocycles. The lowest BCUT2D eigenvalue weighted by Gasteiger charge is -2.29. The summed E-state index contributed by atoms with van der Waals surface area (Å²) < 4.78 is 20.4. The van der Waals surface area contributed by atoms with E-state index < -0.39 is 41.6 Å². The molecule has 7 heterocycles. The molecule has 54 heavy (non-hydrogen) atoms. The molecule has 14 heteroatoms. The molecule has 6 N–H and O–H groups in total. The molecule has 2 amide bonds. The van der Waals surface area contributed by atoms with Crippen molar-refractivity contribution < 1.29 is 23.2 Å². The number of aromatic nitrogens is 3. The van der Waals surface area contributed by atoms with Crippen molar-refractivity contribution in [3.05, 3.63) is 93.2 Å². The van der Waals surface area contributed by atoms with Crippen LogP contribution in [0.25, 0.3) is 44.9 Å². The number of oxazole rings is 2. The molecule has 6 aromatic rings. The Morgan fingerprint density at radius 1 is 1.00 bits per heavy atom. The average molecular weight is 765 g/mol. The maximum absolute atomic E-state index is 14.2. The minimum absolute atomic E-state index is 0.0974. The summed E-state index contributed by atoms with van der Waals surface area (Å²) in [7, 11) is 0. The van der Waals surface area contributed by atoms with Crippen molar-refractivity contribution in [3.63, 3.8) is 0 Å². The molecular formula is C40H35Cl2N7O5. The predicted molar refractivity (Wildman–Crippen MR) is 203 cm³/mol. The highest BCUT2D eigenvalue weighted by Crippen LogP contribution is 2.62. The van der Waals surface area contributed by atoms with Gasteiger partial charge in [0.2, 0.25) is 17.7 Å². The van der Waals surface area contributed by atoms with Gasteiger partial charge in [0, 0.05) is 39.7 Å². The number of hydrogen-bond acceptors (Lipinski definition) is 9. The number of amides is 2. The minimum Gasteiger partial charge on any atom is -0.469 e. The van der Waals surface area contributed by atoms with Gasteiger partial charge in [-0.1, -0.05) is 93.4 Å². The number of fused-ring (bicyclic) bond motifs is 7. The number of halogens is 2. The molecule has 10 rings (SSSR count). The number of anilines is 1. The number of benzene rings is 3. The van der Waals surface area contributed by atoms with Gasteiger partial charge in [0.1, 0.15) is 28.4 Å². The van der Waals surface area contributed by atoms with E-state index in [1.54, 1.807) is 0 Å². The Bertz CT molecular complexity index is 2590. The van der Waals surface area contributed by atoms with Crippen LogP contribution in [0, 0.1) is 11.8 Å². The van der Waals surface area contributed by atoms with E-state index in [-0.39, 0.29) is 41.0 Å². The Kier molecular flexibility index (Phi) is 7.15. The topological polar surface area (TPSA) is 173 Å². The summed E-state index contributed by atoms with van der Waals surface area (Å²) in [4.78, 5) is 40.7. The lowest BCUT2D eigenvalue weighted by atomic mass is 9.72. The van der Waals surface area contributed by atoms with Crippen LogP contribution in [-0.4, -0.2) is 45.1 Å². The average Bonchev–Trinajstić information content (AvgIpc) is 3.94. The molecule has 5 atom stereocenters. The van der Waals surface area contributed by atoms with Gasteiger partial charge in [-0.05, 0) is 35.1 Å². The number of nitrogens with zero attached hydrogens (tertiary/aromatic N) is 2. The second-order valence-corrected chi connectivity index (χ2v) is 15.9. The van der Waals surface area contributed by atoms with Crippen molar-refractivity contribution in [3.8, 4) is 39.8 Å². The number of hydrogen-bond donors (Lipinski definition) is 5. The molecule has 0 aliphatic carbocycles. The number of ether oxygens (including phenoxy) is 1. The van der Waals surface area contributed by atoms with E-state index >= 15 is 0 Å². The molecule has 0 fully saturated rings. The van der Waals surface area contributed by atoms with Gasteiger partial charge in [0.05, 0.1) is 11.6 Å². The lowest BCUT2D eigenvalue weighted by Crippen LogP contribution is -2.54. The standard InChI is InChI=1S/C40H35Cl2N7O5/c1-15(2)27(43)36(51)45-23-14-17-11-12-24-21(13-17)40-20-9-5-8-19(29(20)48-39(40)52-24)18-7-6-10-22-25(18)26(33(41)44-22)31-34(42)49-38(53-31)30-32(40)54-37(47-30)28(16(3)4)46-35(23)50/h5-13,15-16,23,27-28,39,44,48H,14,43H2,1-4H3,(H,45,51)(H,46,50)/t23-,27-,28-,39?,40-/m0/s1. The van der Waals surface area contributed by atoms with Crippen molar-refractivity contribution in [2.75, 3.05) is 5.32 Å². The molecule has 3 aromatic heterocycles. The second-order valence-electron chi connectivity index (χ2n) is 15.2. The minimum atomic E-state index is -1.12. The van der Waals surface area contributed by atoms with Crippen molar-refractivity contribution >= 4 is 51.6 Å². The Balaban J connectivity index is 1.30. The van der Waals surface area contributed by atoms with Crippen LogP contribution in [0.1, 0.15) is 62.1 Å². The van der Waals surface area contributed by atoms with Crippen LogP contribution < -0.4 is 26.4 Å². The molecule has 1 spiro atoms. The van der Waals surface area contributed by atoms with Gasteiger partial charge < -0.3 is 40.2 Å². The van der Waals surface area contributed by atoms with E-state index in [4.69, 9.17) is 52.5 Å². The SMILES string of the molecule is CC(C)[C@H](N)C(=O)N[C@H]1Cc2ccc3c(c2)[C@]24c5cccc(c5NC2O3)-c2cccc3[nH]c(Cl)c(c23)-c2oc(nc2Cl)-c2nc(oc24)[C@H](C(C)C)NC1=O.